The van der Waals surface area contributed by atoms with Crippen LogP contribution in [0.3, 0.4) is 0 Å². The number of carbonyl (C=O) groups excluding carboxylic acids is 1. The van der Waals surface area contributed by atoms with Crippen molar-refractivity contribution in [1.82, 2.24) is 4.90 Å². The molecule has 0 saturated carbocycles. The van der Waals surface area contributed by atoms with E-state index in [1.54, 1.807) is 35.2 Å². The number of hydrogen-bond donors (Lipinski definition) is 1. The minimum Gasteiger partial charge on any atom is -0.497 e. The lowest BCUT2D eigenvalue weighted by molar-refractivity contribution is -0.857. The first-order valence-corrected chi connectivity index (χ1v) is 9.41. The van der Waals surface area contributed by atoms with Gasteiger partial charge in [-0.1, -0.05) is 12.1 Å². The predicted octanol–water partition coefficient (Wildman–Crippen LogP) is 1.63. The third-order valence-electron chi connectivity index (χ3n) is 5.21. The molecule has 6 nitrogen and oxygen atoms in total. The monoisotopic (exact) mass is 397 g/mol. The molecule has 1 atom stereocenters. The zero-order valence-corrected chi connectivity index (χ0v) is 16.5. The summed E-state index contributed by atoms with van der Waals surface area (Å²) in [5, 5.41) is 0.379. The van der Waals surface area contributed by atoms with Crippen LogP contribution in [0, 0.1) is 5.82 Å². The Morgan fingerprint density at radius 3 is 2.52 bits per heavy atom. The number of rotatable bonds is 5. The third kappa shape index (κ3) is 3.27. The quantitative estimate of drug-likeness (QED) is 0.711. The molecule has 0 bridgehead atoms. The van der Waals surface area contributed by atoms with Gasteiger partial charge in [0, 0.05) is 6.07 Å². The number of fused-ring (bicyclic) bond motifs is 2. The van der Waals surface area contributed by atoms with E-state index in [1.165, 1.54) is 24.1 Å². The van der Waals surface area contributed by atoms with Gasteiger partial charge in [0.2, 0.25) is 5.76 Å². The minimum atomic E-state index is -0.611. The summed E-state index contributed by atoms with van der Waals surface area (Å²) in [4.78, 5) is 29.3. The second-order valence-electron chi connectivity index (χ2n) is 7.45. The average molecular weight is 397 g/mol. The highest BCUT2D eigenvalue weighted by atomic mass is 19.1. The van der Waals surface area contributed by atoms with Crippen molar-refractivity contribution in [2.24, 2.45) is 0 Å². The molecule has 7 heteroatoms. The van der Waals surface area contributed by atoms with E-state index in [0.717, 1.165) is 0 Å². The van der Waals surface area contributed by atoms with Crippen molar-refractivity contribution >= 4 is 16.9 Å². The van der Waals surface area contributed by atoms with E-state index >= 15 is 0 Å². The van der Waals surface area contributed by atoms with E-state index in [-0.39, 0.29) is 22.9 Å². The van der Waals surface area contributed by atoms with E-state index in [2.05, 4.69) is 0 Å². The fraction of sp³-hybridized carbons (Fsp3) is 0.273. The molecule has 0 spiro atoms. The molecule has 0 aliphatic carbocycles. The molecular formula is C22H22FN2O4+. The third-order valence-corrected chi connectivity index (χ3v) is 5.21. The van der Waals surface area contributed by atoms with Gasteiger partial charge in [-0.25, -0.2) is 4.39 Å². The summed E-state index contributed by atoms with van der Waals surface area (Å²) in [5.74, 6) is -0.134. The maximum atomic E-state index is 13.5. The second kappa shape index (κ2) is 7.33. The zero-order chi connectivity index (χ0) is 20.7. The van der Waals surface area contributed by atoms with Crippen LogP contribution in [-0.2, 0) is 0 Å². The Hall–Kier alpha value is -3.19. The normalized spacial score (nSPS) is 16.0. The summed E-state index contributed by atoms with van der Waals surface area (Å²) in [6, 6.07) is 10.2. The number of hydrogen-bond acceptors (Lipinski definition) is 4. The summed E-state index contributed by atoms with van der Waals surface area (Å²) in [6.45, 7) is 1.13. The lowest BCUT2D eigenvalue weighted by atomic mass is 9.98. The Kier molecular flexibility index (Phi) is 4.84. The van der Waals surface area contributed by atoms with E-state index in [9.17, 15) is 14.0 Å². The Morgan fingerprint density at radius 1 is 1.14 bits per heavy atom. The number of carbonyl (C=O) groups is 1. The number of likely N-dealkylation sites (N-methyl/N-ethyl adjacent to an activating group) is 1. The molecule has 1 N–H and O–H groups in total. The molecule has 1 amide bonds. The average Bonchev–Trinajstić information content (AvgIpc) is 2.99. The Bertz CT molecular complexity index is 1140. The highest BCUT2D eigenvalue weighted by molar-refractivity contribution is 5.99. The number of nitrogens with one attached hydrogen (secondary N) is 1. The molecular weight excluding hydrogens is 375 g/mol. The molecule has 4 rings (SSSR count). The van der Waals surface area contributed by atoms with Crippen molar-refractivity contribution in [3.63, 3.8) is 0 Å². The molecule has 0 fully saturated rings. The van der Waals surface area contributed by atoms with Crippen LogP contribution in [0.15, 0.2) is 51.7 Å². The van der Waals surface area contributed by atoms with Gasteiger partial charge in [0.05, 0.1) is 51.3 Å². The Morgan fingerprint density at radius 2 is 1.86 bits per heavy atom. The number of ether oxygens (including phenoxy) is 1. The molecule has 1 aromatic heterocycles. The van der Waals surface area contributed by atoms with Crippen molar-refractivity contribution in [2.75, 3.05) is 34.3 Å². The topological polar surface area (TPSA) is 64.2 Å². The van der Waals surface area contributed by atoms with E-state index < -0.39 is 6.04 Å². The zero-order valence-electron chi connectivity index (χ0n) is 16.5. The van der Waals surface area contributed by atoms with Crippen LogP contribution in [0.5, 0.6) is 5.75 Å². The van der Waals surface area contributed by atoms with Crippen LogP contribution in [0.2, 0.25) is 0 Å². The van der Waals surface area contributed by atoms with Gasteiger partial charge in [-0.2, -0.15) is 0 Å². The molecule has 29 heavy (non-hydrogen) atoms. The molecule has 0 unspecified atom stereocenters. The molecule has 0 saturated heterocycles. The lowest BCUT2D eigenvalue weighted by Gasteiger charge is -2.25. The van der Waals surface area contributed by atoms with Gasteiger partial charge in [0.15, 0.2) is 5.43 Å². The minimum absolute atomic E-state index is 0.0406. The second-order valence-corrected chi connectivity index (χ2v) is 7.45. The van der Waals surface area contributed by atoms with Crippen LogP contribution in [0.25, 0.3) is 11.0 Å². The van der Waals surface area contributed by atoms with Crippen molar-refractivity contribution < 1.29 is 23.2 Å². The fourth-order valence-electron chi connectivity index (χ4n) is 3.69. The van der Waals surface area contributed by atoms with Gasteiger partial charge < -0.3 is 19.0 Å². The molecule has 150 valence electrons. The Balaban J connectivity index is 1.92. The van der Waals surface area contributed by atoms with E-state index in [1.807, 2.05) is 14.1 Å². The largest absolute Gasteiger partial charge is 0.497 e. The molecule has 0 radical (unpaired) electrons. The first-order chi connectivity index (χ1) is 13.9. The van der Waals surface area contributed by atoms with Crippen molar-refractivity contribution in [3.05, 3.63) is 75.4 Å². The van der Waals surface area contributed by atoms with Gasteiger partial charge in [-0.05, 0) is 29.8 Å². The maximum Gasteiger partial charge on any atom is 0.291 e. The molecule has 1 aliphatic rings. The van der Waals surface area contributed by atoms with Crippen LogP contribution >= 0.6 is 0 Å². The van der Waals surface area contributed by atoms with Crippen LogP contribution in [-0.4, -0.2) is 45.1 Å². The Labute approximate surface area is 167 Å². The summed E-state index contributed by atoms with van der Waals surface area (Å²) in [7, 11) is 5.50. The van der Waals surface area contributed by atoms with Gasteiger partial charge in [-0.3, -0.25) is 9.59 Å². The van der Waals surface area contributed by atoms with E-state index in [4.69, 9.17) is 9.15 Å². The van der Waals surface area contributed by atoms with Crippen molar-refractivity contribution in [1.29, 1.82) is 0 Å². The first-order valence-electron chi connectivity index (χ1n) is 9.41. The summed E-state index contributed by atoms with van der Waals surface area (Å²) in [6.07, 6.45) is 0. The van der Waals surface area contributed by atoms with Gasteiger partial charge in [0.25, 0.3) is 5.91 Å². The smallest absolute Gasteiger partial charge is 0.291 e. The standard InChI is InChI=1S/C22H21FN2O4/c1-24(2)10-11-25-19(13-4-6-14(23)7-5-13)18-20(26)16-9-8-15(28-3)12-17(16)29-21(18)22(25)27/h4-9,12,19H,10-11H2,1-3H3/p+1/t19-/m1/s1. The number of halogens is 1. The number of methoxy groups -OCH3 is 1. The number of benzene rings is 2. The number of nitrogens with zero attached hydrogens (tertiary/aromatic N) is 1. The highest BCUT2D eigenvalue weighted by Gasteiger charge is 2.42. The van der Waals surface area contributed by atoms with Crippen LogP contribution in [0.1, 0.15) is 27.7 Å². The van der Waals surface area contributed by atoms with E-state index in [0.29, 0.717) is 40.9 Å². The summed E-state index contributed by atoms with van der Waals surface area (Å²) < 4.78 is 24.6. The molecule has 2 aromatic carbocycles. The predicted molar refractivity (Wildman–Crippen MR) is 106 cm³/mol. The summed E-state index contributed by atoms with van der Waals surface area (Å²) >= 11 is 0. The number of quaternary nitrogens is 1. The fourth-order valence-corrected chi connectivity index (χ4v) is 3.69. The first kappa shape index (κ1) is 19.1. The van der Waals surface area contributed by atoms with Gasteiger partial charge in [0.1, 0.15) is 17.1 Å². The van der Waals surface area contributed by atoms with Gasteiger partial charge >= 0.3 is 0 Å². The number of amides is 1. The van der Waals surface area contributed by atoms with Crippen LogP contribution < -0.4 is 15.1 Å². The highest BCUT2D eigenvalue weighted by Crippen LogP contribution is 2.38. The van der Waals surface area contributed by atoms with Crippen LogP contribution in [0.4, 0.5) is 4.39 Å². The SMILES string of the molecule is COc1ccc2c(=O)c3c(oc2c1)C(=O)N(CC[NH+](C)C)[C@@H]3c1ccc(F)cc1. The maximum absolute atomic E-state index is 13.5. The molecule has 1 aliphatic heterocycles. The summed E-state index contributed by atoms with van der Waals surface area (Å²) in [5.41, 5.74) is 1.02. The molecule has 3 aromatic rings. The van der Waals surface area contributed by atoms with Gasteiger partial charge in [-0.15, -0.1) is 0 Å². The van der Waals surface area contributed by atoms with Crippen molar-refractivity contribution in [2.45, 2.75) is 6.04 Å². The van der Waals surface area contributed by atoms with Crippen molar-refractivity contribution in [3.8, 4) is 5.75 Å². The lowest BCUT2D eigenvalue weighted by Crippen LogP contribution is -3.06. The molecule has 2 heterocycles.